The second-order valence-corrected chi connectivity index (χ2v) is 5.08. The molecule has 0 atom stereocenters. The van der Waals surface area contributed by atoms with E-state index < -0.39 is 0 Å². The molecule has 1 aromatic heterocycles. The number of hydrogen-bond donors (Lipinski definition) is 0. The van der Waals surface area contributed by atoms with Crippen LogP contribution in [0.1, 0.15) is 23.2 Å². The standard InChI is InChI=1S/C14H21N3O3/c1-4-11-5-6-12(20-11)13(18)16-7-9-17(10-8-16)14(19)15(2)3/h5-6H,4,7-10H2,1-3H3. The number of amides is 3. The zero-order valence-electron chi connectivity index (χ0n) is 12.3. The molecule has 0 aliphatic carbocycles. The van der Waals surface area contributed by atoms with Gasteiger partial charge in [0.1, 0.15) is 5.76 Å². The number of carbonyl (C=O) groups is 2. The predicted molar refractivity (Wildman–Crippen MR) is 74.6 cm³/mol. The Morgan fingerprint density at radius 3 is 2.25 bits per heavy atom. The lowest BCUT2D eigenvalue weighted by atomic mass is 10.3. The third-order valence-electron chi connectivity index (χ3n) is 3.44. The van der Waals surface area contributed by atoms with E-state index in [-0.39, 0.29) is 11.9 Å². The molecule has 2 rings (SSSR count). The molecule has 0 N–H and O–H groups in total. The minimum absolute atomic E-state index is 0.0108. The number of piperazine rings is 1. The van der Waals surface area contributed by atoms with Crippen LogP contribution in [-0.4, -0.2) is 66.9 Å². The van der Waals surface area contributed by atoms with E-state index in [4.69, 9.17) is 4.42 Å². The largest absolute Gasteiger partial charge is 0.456 e. The van der Waals surface area contributed by atoms with Crippen molar-refractivity contribution < 1.29 is 14.0 Å². The Balaban J connectivity index is 1.93. The maximum Gasteiger partial charge on any atom is 0.319 e. The molecule has 2 heterocycles. The maximum atomic E-state index is 12.3. The third kappa shape index (κ3) is 2.95. The fourth-order valence-corrected chi connectivity index (χ4v) is 2.22. The molecule has 6 nitrogen and oxygen atoms in total. The van der Waals surface area contributed by atoms with E-state index in [2.05, 4.69) is 0 Å². The van der Waals surface area contributed by atoms with Gasteiger partial charge in [-0.2, -0.15) is 0 Å². The molecule has 0 radical (unpaired) electrons. The number of aryl methyl sites for hydroxylation is 1. The zero-order valence-corrected chi connectivity index (χ0v) is 12.3. The lowest BCUT2D eigenvalue weighted by Gasteiger charge is -2.35. The van der Waals surface area contributed by atoms with Crippen molar-refractivity contribution in [1.82, 2.24) is 14.7 Å². The molecule has 1 aliphatic rings. The van der Waals surface area contributed by atoms with Crippen molar-refractivity contribution in [2.45, 2.75) is 13.3 Å². The molecule has 0 bridgehead atoms. The van der Waals surface area contributed by atoms with Gasteiger partial charge in [0, 0.05) is 46.7 Å². The highest BCUT2D eigenvalue weighted by atomic mass is 16.4. The summed E-state index contributed by atoms with van der Waals surface area (Å²) >= 11 is 0. The number of hydrogen-bond acceptors (Lipinski definition) is 3. The summed E-state index contributed by atoms with van der Waals surface area (Å²) in [6.45, 7) is 4.19. The number of carbonyl (C=O) groups excluding carboxylic acids is 2. The van der Waals surface area contributed by atoms with Crippen LogP contribution in [0.15, 0.2) is 16.5 Å². The first-order chi connectivity index (χ1) is 9.52. The first-order valence-electron chi connectivity index (χ1n) is 6.87. The molecule has 0 aromatic carbocycles. The molecule has 20 heavy (non-hydrogen) atoms. The lowest BCUT2D eigenvalue weighted by Crippen LogP contribution is -2.52. The SMILES string of the molecule is CCc1ccc(C(=O)N2CCN(C(=O)N(C)C)CC2)o1. The van der Waals surface area contributed by atoms with Gasteiger partial charge in [0.15, 0.2) is 5.76 Å². The van der Waals surface area contributed by atoms with E-state index in [1.165, 1.54) is 0 Å². The molecule has 1 fully saturated rings. The van der Waals surface area contributed by atoms with Crippen LogP contribution in [-0.2, 0) is 6.42 Å². The maximum absolute atomic E-state index is 12.3. The molecular weight excluding hydrogens is 258 g/mol. The third-order valence-corrected chi connectivity index (χ3v) is 3.44. The highest BCUT2D eigenvalue weighted by Crippen LogP contribution is 2.13. The first kappa shape index (κ1) is 14.4. The zero-order chi connectivity index (χ0) is 14.7. The average molecular weight is 279 g/mol. The van der Waals surface area contributed by atoms with Crippen LogP contribution in [0.2, 0.25) is 0 Å². The van der Waals surface area contributed by atoms with E-state index in [1.807, 2.05) is 13.0 Å². The summed E-state index contributed by atoms with van der Waals surface area (Å²) in [4.78, 5) is 29.1. The van der Waals surface area contributed by atoms with Crippen molar-refractivity contribution in [1.29, 1.82) is 0 Å². The Morgan fingerprint density at radius 1 is 1.15 bits per heavy atom. The van der Waals surface area contributed by atoms with Gasteiger partial charge in [-0.25, -0.2) is 4.79 Å². The van der Waals surface area contributed by atoms with Gasteiger partial charge in [0.05, 0.1) is 0 Å². The summed E-state index contributed by atoms with van der Waals surface area (Å²) in [5.41, 5.74) is 0. The van der Waals surface area contributed by atoms with E-state index >= 15 is 0 Å². The van der Waals surface area contributed by atoms with E-state index in [1.54, 1.807) is 34.9 Å². The molecule has 0 spiro atoms. The van der Waals surface area contributed by atoms with Crippen LogP contribution in [0.5, 0.6) is 0 Å². The van der Waals surface area contributed by atoms with Gasteiger partial charge in [0.2, 0.25) is 0 Å². The van der Waals surface area contributed by atoms with Gasteiger partial charge in [-0.15, -0.1) is 0 Å². The Kier molecular flexibility index (Phi) is 4.32. The van der Waals surface area contributed by atoms with E-state index in [0.717, 1.165) is 12.2 Å². The fourth-order valence-electron chi connectivity index (χ4n) is 2.22. The van der Waals surface area contributed by atoms with Gasteiger partial charge >= 0.3 is 6.03 Å². The first-order valence-corrected chi connectivity index (χ1v) is 6.87. The van der Waals surface area contributed by atoms with Crippen LogP contribution < -0.4 is 0 Å². The molecule has 0 saturated carbocycles. The van der Waals surface area contributed by atoms with Gasteiger partial charge in [-0.1, -0.05) is 6.92 Å². The van der Waals surface area contributed by atoms with Gasteiger partial charge in [-0.3, -0.25) is 4.79 Å². The smallest absolute Gasteiger partial charge is 0.319 e. The second-order valence-electron chi connectivity index (χ2n) is 5.08. The van der Waals surface area contributed by atoms with Crippen LogP contribution in [0.4, 0.5) is 4.79 Å². The Morgan fingerprint density at radius 2 is 1.75 bits per heavy atom. The Hall–Kier alpha value is -1.98. The Labute approximate surface area is 118 Å². The van der Waals surface area contributed by atoms with Gasteiger partial charge in [0.25, 0.3) is 5.91 Å². The summed E-state index contributed by atoms with van der Waals surface area (Å²) in [6.07, 6.45) is 0.776. The Bertz CT molecular complexity index is 488. The average Bonchev–Trinajstić information content (AvgIpc) is 2.94. The fraction of sp³-hybridized carbons (Fsp3) is 0.571. The molecule has 3 amide bonds. The molecule has 1 aromatic rings. The highest BCUT2D eigenvalue weighted by molar-refractivity contribution is 5.91. The molecule has 1 aliphatic heterocycles. The molecule has 1 saturated heterocycles. The van der Waals surface area contributed by atoms with E-state index in [0.29, 0.717) is 31.9 Å². The summed E-state index contributed by atoms with van der Waals surface area (Å²) in [5.74, 6) is 1.10. The van der Waals surface area contributed by atoms with Crippen molar-refractivity contribution in [3.05, 3.63) is 23.7 Å². The van der Waals surface area contributed by atoms with Crippen molar-refractivity contribution in [2.75, 3.05) is 40.3 Å². The van der Waals surface area contributed by atoms with Crippen LogP contribution >= 0.6 is 0 Å². The number of urea groups is 1. The monoisotopic (exact) mass is 279 g/mol. The minimum atomic E-state index is -0.0957. The quantitative estimate of drug-likeness (QED) is 0.819. The van der Waals surface area contributed by atoms with Crippen LogP contribution in [0, 0.1) is 0 Å². The van der Waals surface area contributed by atoms with Gasteiger partial charge in [-0.05, 0) is 12.1 Å². The molecular formula is C14H21N3O3. The van der Waals surface area contributed by atoms with Crippen molar-refractivity contribution in [3.8, 4) is 0 Å². The molecule has 0 unspecified atom stereocenters. The predicted octanol–water partition coefficient (Wildman–Crippen LogP) is 1.28. The van der Waals surface area contributed by atoms with Gasteiger partial charge < -0.3 is 19.1 Å². The van der Waals surface area contributed by atoms with Crippen molar-refractivity contribution in [3.63, 3.8) is 0 Å². The normalized spacial score (nSPS) is 15.3. The molecule has 110 valence electrons. The summed E-state index contributed by atoms with van der Waals surface area (Å²) < 4.78 is 5.48. The molecule has 6 heteroatoms. The van der Waals surface area contributed by atoms with Crippen LogP contribution in [0.3, 0.4) is 0 Å². The summed E-state index contributed by atoms with van der Waals surface area (Å²) in [6, 6.07) is 3.54. The van der Waals surface area contributed by atoms with Crippen molar-refractivity contribution in [2.24, 2.45) is 0 Å². The second kappa shape index (κ2) is 5.98. The van der Waals surface area contributed by atoms with E-state index in [9.17, 15) is 9.59 Å². The topological polar surface area (TPSA) is 57.0 Å². The number of rotatable bonds is 2. The van der Waals surface area contributed by atoms with Crippen molar-refractivity contribution >= 4 is 11.9 Å². The number of nitrogens with zero attached hydrogens (tertiary/aromatic N) is 3. The lowest BCUT2D eigenvalue weighted by molar-refractivity contribution is 0.0618. The van der Waals surface area contributed by atoms with Crippen LogP contribution in [0.25, 0.3) is 0 Å². The minimum Gasteiger partial charge on any atom is -0.456 e. The summed E-state index contributed by atoms with van der Waals surface area (Å²) in [5, 5.41) is 0. The number of furan rings is 1. The highest BCUT2D eigenvalue weighted by Gasteiger charge is 2.26. The summed E-state index contributed by atoms with van der Waals surface area (Å²) in [7, 11) is 3.46.